The van der Waals surface area contributed by atoms with Crippen LogP contribution >= 0.6 is 0 Å². The molecule has 1 aliphatic rings. The highest BCUT2D eigenvalue weighted by molar-refractivity contribution is 5.81. The molecule has 0 spiro atoms. The lowest BCUT2D eigenvalue weighted by Gasteiger charge is -2.32. The Hall–Kier alpha value is -2.08. The van der Waals surface area contributed by atoms with E-state index < -0.39 is 0 Å². The number of carbonyl (C=O) groups is 2. The van der Waals surface area contributed by atoms with Crippen molar-refractivity contribution in [1.82, 2.24) is 9.80 Å². The van der Waals surface area contributed by atoms with E-state index in [1.807, 2.05) is 43.3 Å². The van der Waals surface area contributed by atoms with Gasteiger partial charge in [-0.2, -0.15) is 0 Å². The minimum Gasteiger partial charge on any atom is -0.497 e. The van der Waals surface area contributed by atoms with Gasteiger partial charge in [-0.25, -0.2) is 0 Å². The maximum Gasteiger partial charge on any atom is 0.307 e. The van der Waals surface area contributed by atoms with Crippen LogP contribution in [-0.2, 0) is 14.3 Å². The van der Waals surface area contributed by atoms with Crippen LogP contribution in [0.25, 0.3) is 0 Å². The summed E-state index contributed by atoms with van der Waals surface area (Å²) in [7, 11) is 7.00. The van der Waals surface area contributed by atoms with Gasteiger partial charge in [0, 0.05) is 19.0 Å². The van der Waals surface area contributed by atoms with Crippen molar-refractivity contribution in [1.29, 1.82) is 0 Å². The number of methoxy groups -OCH3 is 2. The molecule has 6 nitrogen and oxygen atoms in total. The molecule has 0 N–H and O–H groups in total. The molecular formula is C19H28N2O4. The topological polar surface area (TPSA) is 59.1 Å². The number of nitrogens with zero attached hydrogens (tertiary/aromatic N) is 2. The van der Waals surface area contributed by atoms with Gasteiger partial charge in [0.25, 0.3) is 0 Å². The molecule has 1 aliphatic carbocycles. The van der Waals surface area contributed by atoms with Crippen LogP contribution in [0.5, 0.6) is 5.75 Å². The number of amides is 1. The van der Waals surface area contributed by atoms with Crippen LogP contribution in [0.3, 0.4) is 0 Å². The standard InChI is InChI=1S/C19H28N2O4/c1-20(2)17(14-7-9-16(24-3)10-8-14)13-21(12-11-18(22)25-4)19(23)15-5-6-15/h7-10,15,17H,5-6,11-13H2,1-4H3. The van der Waals surface area contributed by atoms with Crippen LogP contribution in [0.4, 0.5) is 0 Å². The van der Waals surface area contributed by atoms with Crippen molar-refractivity contribution in [3.8, 4) is 5.75 Å². The predicted molar refractivity (Wildman–Crippen MR) is 95.4 cm³/mol. The van der Waals surface area contributed by atoms with Gasteiger partial charge in [0.05, 0.1) is 26.7 Å². The lowest BCUT2D eigenvalue weighted by Crippen LogP contribution is -2.40. The Morgan fingerprint density at radius 1 is 1.16 bits per heavy atom. The highest BCUT2D eigenvalue weighted by Gasteiger charge is 2.34. The SMILES string of the molecule is COC(=O)CCN(CC(c1ccc(OC)cc1)N(C)C)C(=O)C1CC1. The quantitative estimate of drug-likeness (QED) is 0.640. The number of rotatable bonds is 9. The van der Waals surface area contributed by atoms with E-state index in [4.69, 9.17) is 9.47 Å². The zero-order valence-electron chi connectivity index (χ0n) is 15.5. The normalized spacial score (nSPS) is 14.9. The monoisotopic (exact) mass is 348 g/mol. The minimum atomic E-state index is -0.292. The first-order chi connectivity index (χ1) is 12.0. The highest BCUT2D eigenvalue weighted by Crippen LogP contribution is 2.32. The third-order valence-electron chi connectivity index (χ3n) is 4.57. The van der Waals surface area contributed by atoms with Crippen LogP contribution in [0, 0.1) is 5.92 Å². The molecule has 1 aromatic carbocycles. The molecule has 1 amide bonds. The highest BCUT2D eigenvalue weighted by atomic mass is 16.5. The summed E-state index contributed by atoms with van der Waals surface area (Å²) in [6.45, 7) is 0.939. The molecule has 25 heavy (non-hydrogen) atoms. The average molecular weight is 348 g/mol. The molecule has 1 fully saturated rings. The summed E-state index contributed by atoms with van der Waals surface area (Å²) in [6, 6.07) is 7.93. The van der Waals surface area contributed by atoms with Gasteiger partial charge < -0.3 is 19.3 Å². The first kappa shape index (κ1) is 19.2. The van der Waals surface area contributed by atoms with Crippen molar-refractivity contribution in [3.05, 3.63) is 29.8 Å². The Kier molecular flexibility index (Phi) is 6.82. The zero-order valence-corrected chi connectivity index (χ0v) is 15.5. The third kappa shape index (κ3) is 5.46. The molecule has 138 valence electrons. The zero-order chi connectivity index (χ0) is 18.4. The summed E-state index contributed by atoms with van der Waals surface area (Å²) >= 11 is 0. The molecule has 0 heterocycles. The lowest BCUT2D eigenvalue weighted by atomic mass is 10.0. The fourth-order valence-corrected chi connectivity index (χ4v) is 2.81. The second-order valence-electron chi connectivity index (χ2n) is 6.64. The first-order valence-electron chi connectivity index (χ1n) is 8.62. The smallest absolute Gasteiger partial charge is 0.307 e. The Bertz CT molecular complexity index is 582. The van der Waals surface area contributed by atoms with E-state index in [0.29, 0.717) is 13.1 Å². The molecule has 0 aliphatic heterocycles. The number of likely N-dealkylation sites (N-methyl/N-ethyl adjacent to an activating group) is 1. The van der Waals surface area contributed by atoms with Crippen molar-refractivity contribution in [3.63, 3.8) is 0 Å². The van der Waals surface area contributed by atoms with Gasteiger partial charge in [-0.15, -0.1) is 0 Å². The molecule has 0 bridgehead atoms. The fourth-order valence-electron chi connectivity index (χ4n) is 2.81. The predicted octanol–water partition coefficient (Wildman–Crippen LogP) is 2.10. The lowest BCUT2D eigenvalue weighted by molar-refractivity contribution is -0.142. The van der Waals surface area contributed by atoms with Crippen molar-refractivity contribution in [2.75, 3.05) is 41.4 Å². The van der Waals surface area contributed by atoms with Crippen LogP contribution in [0.15, 0.2) is 24.3 Å². The largest absolute Gasteiger partial charge is 0.497 e. The van der Waals surface area contributed by atoms with Gasteiger partial charge >= 0.3 is 5.97 Å². The number of ether oxygens (including phenoxy) is 2. The Labute approximate surface area is 149 Å². The van der Waals surface area contributed by atoms with Crippen molar-refractivity contribution >= 4 is 11.9 Å². The van der Waals surface area contributed by atoms with Gasteiger partial charge in [-0.05, 0) is 44.6 Å². The van der Waals surface area contributed by atoms with E-state index in [9.17, 15) is 9.59 Å². The number of hydrogen-bond donors (Lipinski definition) is 0. The van der Waals surface area contributed by atoms with Gasteiger partial charge in [0.1, 0.15) is 5.75 Å². The first-order valence-corrected chi connectivity index (χ1v) is 8.62. The number of carbonyl (C=O) groups excluding carboxylic acids is 2. The summed E-state index contributed by atoms with van der Waals surface area (Å²) in [4.78, 5) is 28.0. The van der Waals surface area contributed by atoms with E-state index in [0.717, 1.165) is 24.2 Å². The van der Waals surface area contributed by atoms with E-state index in [2.05, 4.69) is 4.90 Å². The second kappa shape index (κ2) is 8.85. The summed E-state index contributed by atoms with van der Waals surface area (Å²) in [5, 5.41) is 0. The molecular weight excluding hydrogens is 320 g/mol. The van der Waals surface area contributed by atoms with E-state index in [1.165, 1.54) is 7.11 Å². The Morgan fingerprint density at radius 2 is 1.80 bits per heavy atom. The fraction of sp³-hybridized carbons (Fsp3) is 0.579. The molecule has 0 aromatic heterocycles. The van der Waals surface area contributed by atoms with Gasteiger partial charge in [-0.1, -0.05) is 12.1 Å². The van der Waals surface area contributed by atoms with Crippen LogP contribution in [-0.4, -0.2) is 63.1 Å². The maximum absolute atomic E-state index is 12.6. The Morgan fingerprint density at radius 3 is 2.28 bits per heavy atom. The Balaban J connectivity index is 2.12. The third-order valence-corrected chi connectivity index (χ3v) is 4.57. The van der Waals surface area contributed by atoms with Crippen molar-refractivity contribution < 1.29 is 19.1 Å². The number of hydrogen-bond acceptors (Lipinski definition) is 5. The van der Waals surface area contributed by atoms with Crippen LogP contribution < -0.4 is 4.74 Å². The molecule has 1 atom stereocenters. The van der Waals surface area contributed by atoms with Crippen LogP contribution in [0.1, 0.15) is 30.9 Å². The second-order valence-corrected chi connectivity index (χ2v) is 6.64. The van der Waals surface area contributed by atoms with Gasteiger partial charge in [0.15, 0.2) is 0 Å². The molecule has 2 rings (SSSR count). The molecule has 0 saturated heterocycles. The average Bonchev–Trinajstić information content (AvgIpc) is 3.46. The molecule has 0 radical (unpaired) electrons. The number of esters is 1. The van der Waals surface area contributed by atoms with Crippen molar-refractivity contribution in [2.45, 2.75) is 25.3 Å². The van der Waals surface area contributed by atoms with E-state index >= 15 is 0 Å². The van der Waals surface area contributed by atoms with Crippen molar-refractivity contribution in [2.24, 2.45) is 5.92 Å². The molecule has 1 aromatic rings. The molecule has 1 saturated carbocycles. The number of benzene rings is 1. The maximum atomic E-state index is 12.6. The minimum absolute atomic E-state index is 0.0475. The van der Waals surface area contributed by atoms with Crippen LogP contribution in [0.2, 0.25) is 0 Å². The molecule has 1 unspecified atom stereocenters. The van der Waals surface area contributed by atoms with Gasteiger partial charge in [0.2, 0.25) is 5.91 Å². The summed E-state index contributed by atoms with van der Waals surface area (Å²) < 4.78 is 9.93. The summed E-state index contributed by atoms with van der Waals surface area (Å²) in [6.07, 6.45) is 2.11. The van der Waals surface area contributed by atoms with E-state index in [-0.39, 0.29) is 30.3 Å². The van der Waals surface area contributed by atoms with Gasteiger partial charge in [-0.3, -0.25) is 9.59 Å². The summed E-state index contributed by atoms with van der Waals surface area (Å²) in [5.74, 6) is 0.776. The van der Waals surface area contributed by atoms with E-state index in [1.54, 1.807) is 7.11 Å². The summed E-state index contributed by atoms with van der Waals surface area (Å²) in [5.41, 5.74) is 1.11. The molecule has 6 heteroatoms.